The summed E-state index contributed by atoms with van der Waals surface area (Å²) in [4.78, 5) is 12.0. The molecule has 0 aromatic heterocycles. The van der Waals surface area contributed by atoms with Crippen LogP contribution in [-0.4, -0.2) is 16.9 Å². The van der Waals surface area contributed by atoms with Crippen molar-refractivity contribution in [3.05, 3.63) is 71.8 Å². The molecule has 0 aliphatic rings. The topological polar surface area (TPSA) is 29.1 Å². The number of hydrogen-bond donors (Lipinski definition) is 1. The third-order valence-corrected chi connectivity index (χ3v) is 4.21. The Morgan fingerprint density at radius 1 is 1.22 bits per heavy atom. The first-order valence-electron chi connectivity index (χ1n) is 7.15. The summed E-state index contributed by atoms with van der Waals surface area (Å²) in [5, 5.41) is 2.03. The molecule has 0 heterocycles. The van der Waals surface area contributed by atoms with Crippen LogP contribution in [-0.2, 0) is 4.79 Å². The van der Waals surface area contributed by atoms with Gasteiger partial charge in [-0.25, -0.2) is 8.78 Å². The minimum atomic E-state index is -0.652. The number of benzene rings is 2. The van der Waals surface area contributed by atoms with E-state index in [-0.39, 0.29) is 16.8 Å². The van der Waals surface area contributed by atoms with E-state index >= 15 is 0 Å². The Labute approximate surface area is 138 Å². The first kappa shape index (κ1) is 17.2. The number of rotatable bonds is 6. The van der Waals surface area contributed by atoms with Gasteiger partial charge in [-0.05, 0) is 24.6 Å². The molecule has 0 aliphatic heterocycles. The molecule has 0 saturated heterocycles. The minimum absolute atomic E-state index is 0.137. The Hall–Kier alpha value is -2.14. The van der Waals surface area contributed by atoms with Crippen molar-refractivity contribution in [2.45, 2.75) is 12.2 Å². The molecule has 0 fully saturated rings. The fourth-order valence-electron chi connectivity index (χ4n) is 1.85. The zero-order valence-electron chi connectivity index (χ0n) is 12.6. The lowest BCUT2D eigenvalue weighted by atomic mass is 10.2. The van der Waals surface area contributed by atoms with Gasteiger partial charge in [-0.1, -0.05) is 42.5 Å². The van der Waals surface area contributed by atoms with Crippen LogP contribution in [0, 0.1) is 11.6 Å². The van der Waals surface area contributed by atoms with Gasteiger partial charge in [-0.3, -0.25) is 4.79 Å². The number of anilines is 1. The van der Waals surface area contributed by atoms with Crippen molar-refractivity contribution in [2.24, 2.45) is 0 Å². The molecule has 120 valence electrons. The number of thioether (sulfide) groups is 1. The van der Waals surface area contributed by atoms with Crippen LogP contribution < -0.4 is 5.32 Å². The van der Waals surface area contributed by atoms with E-state index < -0.39 is 11.6 Å². The number of nitrogens with one attached hydrogen (secondary N) is 1. The lowest BCUT2D eigenvalue weighted by molar-refractivity contribution is -0.115. The molecule has 0 bridgehead atoms. The number of carbonyl (C=O) groups excluding carboxylic acids is 1. The molecule has 23 heavy (non-hydrogen) atoms. The molecular formula is C18H17F2NOS. The van der Waals surface area contributed by atoms with E-state index in [0.717, 1.165) is 23.8 Å². The van der Waals surface area contributed by atoms with Gasteiger partial charge in [0.15, 0.2) is 0 Å². The van der Waals surface area contributed by atoms with Gasteiger partial charge in [0.25, 0.3) is 0 Å². The molecule has 0 unspecified atom stereocenters. The SMILES string of the molecule is C[C@H](SC/C=C/c1ccccc1)C(=O)Nc1cc(F)ccc1F. The molecule has 0 saturated carbocycles. The second-order valence-electron chi connectivity index (χ2n) is 4.90. The van der Waals surface area contributed by atoms with Crippen molar-refractivity contribution in [3.8, 4) is 0 Å². The Kier molecular flexibility index (Phi) is 6.35. The average molecular weight is 333 g/mol. The van der Waals surface area contributed by atoms with E-state index in [0.29, 0.717) is 5.75 Å². The second-order valence-corrected chi connectivity index (χ2v) is 6.28. The quantitative estimate of drug-likeness (QED) is 0.827. The molecule has 2 nitrogen and oxygen atoms in total. The molecule has 2 aromatic carbocycles. The summed E-state index contributed by atoms with van der Waals surface area (Å²) in [6.45, 7) is 1.73. The van der Waals surface area contributed by atoms with Crippen molar-refractivity contribution in [3.63, 3.8) is 0 Å². The first-order chi connectivity index (χ1) is 11.1. The molecule has 2 aromatic rings. The zero-order chi connectivity index (χ0) is 16.7. The van der Waals surface area contributed by atoms with Gasteiger partial charge in [0.2, 0.25) is 5.91 Å². The van der Waals surface area contributed by atoms with Crippen molar-refractivity contribution in [1.29, 1.82) is 0 Å². The predicted octanol–water partition coefficient (Wildman–Crippen LogP) is 4.74. The summed E-state index contributed by atoms with van der Waals surface area (Å²) in [7, 11) is 0. The molecule has 1 N–H and O–H groups in total. The molecule has 2 rings (SSSR count). The summed E-state index contributed by atoms with van der Waals surface area (Å²) >= 11 is 1.42. The summed E-state index contributed by atoms with van der Waals surface area (Å²) in [6, 6.07) is 12.8. The van der Waals surface area contributed by atoms with Gasteiger partial charge in [0.1, 0.15) is 11.6 Å². The highest BCUT2D eigenvalue weighted by atomic mass is 32.2. The van der Waals surface area contributed by atoms with Crippen LogP contribution in [0.4, 0.5) is 14.5 Å². The zero-order valence-corrected chi connectivity index (χ0v) is 13.4. The van der Waals surface area contributed by atoms with E-state index in [1.54, 1.807) is 6.92 Å². The standard InChI is InChI=1S/C18H17F2NOS/c1-13(23-11-5-8-14-6-3-2-4-7-14)18(22)21-17-12-15(19)9-10-16(17)20/h2-10,12-13H,11H2,1H3,(H,21,22)/b8-5+/t13-/m0/s1. The third-order valence-electron chi connectivity index (χ3n) is 3.11. The van der Waals surface area contributed by atoms with Gasteiger partial charge in [0, 0.05) is 11.8 Å². The highest BCUT2D eigenvalue weighted by Crippen LogP contribution is 2.18. The lowest BCUT2D eigenvalue weighted by Crippen LogP contribution is -2.23. The molecule has 0 spiro atoms. The number of halogens is 2. The normalized spacial score (nSPS) is 12.3. The monoisotopic (exact) mass is 333 g/mol. The van der Waals surface area contributed by atoms with E-state index in [1.807, 2.05) is 42.5 Å². The maximum atomic E-state index is 13.5. The summed E-state index contributed by atoms with van der Waals surface area (Å²) in [6.07, 6.45) is 3.94. The fraction of sp³-hybridized carbons (Fsp3) is 0.167. The van der Waals surface area contributed by atoms with Crippen molar-refractivity contribution >= 4 is 29.4 Å². The number of amides is 1. The van der Waals surface area contributed by atoms with Crippen LogP contribution in [0.15, 0.2) is 54.6 Å². The van der Waals surface area contributed by atoms with E-state index in [1.165, 1.54) is 11.8 Å². The number of carbonyl (C=O) groups is 1. The molecule has 0 radical (unpaired) electrons. The molecule has 5 heteroatoms. The Morgan fingerprint density at radius 2 is 1.96 bits per heavy atom. The summed E-state index contributed by atoms with van der Waals surface area (Å²) in [5.41, 5.74) is 0.953. The Morgan fingerprint density at radius 3 is 2.70 bits per heavy atom. The van der Waals surface area contributed by atoms with E-state index in [4.69, 9.17) is 0 Å². The Balaban J connectivity index is 1.83. The third kappa shape index (κ3) is 5.53. The van der Waals surface area contributed by atoms with Crippen LogP contribution in [0.5, 0.6) is 0 Å². The maximum absolute atomic E-state index is 13.5. The van der Waals surface area contributed by atoms with Gasteiger partial charge < -0.3 is 5.32 Å². The van der Waals surface area contributed by atoms with Gasteiger partial charge in [0.05, 0.1) is 10.9 Å². The van der Waals surface area contributed by atoms with Crippen LogP contribution >= 0.6 is 11.8 Å². The highest BCUT2D eigenvalue weighted by Gasteiger charge is 2.15. The van der Waals surface area contributed by atoms with Gasteiger partial charge >= 0.3 is 0 Å². The van der Waals surface area contributed by atoms with Crippen LogP contribution in [0.3, 0.4) is 0 Å². The Bertz CT molecular complexity index is 689. The van der Waals surface area contributed by atoms with Crippen LogP contribution in [0.2, 0.25) is 0 Å². The van der Waals surface area contributed by atoms with E-state index in [9.17, 15) is 13.6 Å². The molecule has 1 atom stereocenters. The largest absolute Gasteiger partial charge is 0.323 e. The summed E-state index contributed by atoms with van der Waals surface area (Å²) < 4.78 is 26.6. The van der Waals surface area contributed by atoms with E-state index in [2.05, 4.69) is 5.32 Å². The fourth-order valence-corrected chi connectivity index (χ4v) is 2.56. The molecule has 1 amide bonds. The predicted molar refractivity (Wildman–Crippen MR) is 92.4 cm³/mol. The van der Waals surface area contributed by atoms with Crippen molar-refractivity contribution in [2.75, 3.05) is 11.1 Å². The average Bonchev–Trinajstić information content (AvgIpc) is 2.55. The molecular weight excluding hydrogens is 316 g/mol. The van der Waals surface area contributed by atoms with Crippen molar-refractivity contribution < 1.29 is 13.6 Å². The molecule has 0 aliphatic carbocycles. The lowest BCUT2D eigenvalue weighted by Gasteiger charge is -2.11. The number of hydrogen-bond acceptors (Lipinski definition) is 2. The second kappa shape index (κ2) is 8.48. The first-order valence-corrected chi connectivity index (χ1v) is 8.20. The smallest absolute Gasteiger partial charge is 0.237 e. The summed E-state index contributed by atoms with van der Waals surface area (Å²) in [5.74, 6) is -0.948. The van der Waals surface area contributed by atoms with Crippen molar-refractivity contribution in [1.82, 2.24) is 0 Å². The highest BCUT2D eigenvalue weighted by molar-refractivity contribution is 8.00. The maximum Gasteiger partial charge on any atom is 0.237 e. The van der Waals surface area contributed by atoms with Crippen LogP contribution in [0.1, 0.15) is 12.5 Å². The van der Waals surface area contributed by atoms with Crippen LogP contribution in [0.25, 0.3) is 6.08 Å². The van der Waals surface area contributed by atoms with Gasteiger partial charge in [-0.2, -0.15) is 0 Å². The van der Waals surface area contributed by atoms with Gasteiger partial charge in [-0.15, -0.1) is 11.8 Å². The minimum Gasteiger partial charge on any atom is -0.323 e.